The highest BCUT2D eigenvalue weighted by Gasteiger charge is 2.27. The van der Waals surface area contributed by atoms with Gasteiger partial charge in [0, 0.05) is 24.9 Å². The van der Waals surface area contributed by atoms with Gasteiger partial charge in [0.2, 0.25) is 5.91 Å². The highest BCUT2D eigenvalue weighted by molar-refractivity contribution is 6.43. The first kappa shape index (κ1) is 18.3. The SMILES string of the molecule is O=C(CCN1CCCOC1=O)N[C@@H](Cc1coc2ccccc12)B(O)O. The highest BCUT2D eigenvalue weighted by Crippen LogP contribution is 2.22. The van der Waals surface area contributed by atoms with E-state index in [1.807, 2.05) is 24.3 Å². The minimum atomic E-state index is -1.72. The molecule has 0 aliphatic carbocycles. The zero-order chi connectivity index (χ0) is 18.5. The third-order valence-corrected chi connectivity index (χ3v) is 4.37. The van der Waals surface area contributed by atoms with Crippen molar-refractivity contribution in [3.63, 3.8) is 0 Å². The Hall–Kier alpha value is -2.52. The van der Waals surface area contributed by atoms with Crippen LogP contribution in [0.1, 0.15) is 18.4 Å². The Morgan fingerprint density at radius 3 is 2.92 bits per heavy atom. The summed E-state index contributed by atoms with van der Waals surface area (Å²) in [5.41, 5.74) is 1.47. The van der Waals surface area contributed by atoms with E-state index in [-0.39, 0.29) is 25.3 Å². The first-order valence-corrected chi connectivity index (χ1v) is 8.57. The monoisotopic (exact) mass is 360 g/mol. The average Bonchev–Trinajstić information content (AvgIpc) is 3.03. The van der Waals surface area contributed by atoms with Gasteiger partial charge in [-0.05, 0) is 24.5 Å². The average molecular weight is 360 g/mol. The van der Waals surface area contributed by atoms with E-state index in [1.165, 1.54) is 4.90 Å². The van der Waals surface area contributed by atoms with E-state index in [4.69, 9.17) is 9.15 Å². The van der Waals surface area contributed by atoms with E-state index in [0.717, 1.165) is 17.4 Å². The van der Waals surface area contributed by atoms with Crippen molar-refractivity contribution in [2.75, 3.05) is 19.7 Å². The minimum Gasteiger partial charge on any atom is -0.464 e. The van der Waals surface area contributed by atoms with Crippen molar-refractivity contribution in [2.24, 2.45) is 0 Å². The smallest absolute Gasteiger partial charge is 0.464 e. The molecule has 2 amide bonds. The van der Waals surface area contributed by atoms with Gasteiger partial charge in [-0.15, -0.1) is 0 Å². The third-order valence-electron chi connectivity index (χ3n) is 4.37. The number of rotatable bonds is 7. The number of ether oxygens (including phenoxy) is 1. The van der Waals surface area contributed by atoms with Gasteiger partial charge in [0.15, 0.2) is 0 Å². The van der Waals surface area contributed by atoms with E-state index >= 15 is 0 Å². The van der Waals surface area contributed by atoms with E-state index in [9.17, 15) is 19.6 Å². The van der Waals surface area contributed by atoms with Crippen molar-refractivity contribution in [3.05, 3.63) is 36.1 Å². The fourth-order valence-corrected chi connectivity index (χ4v) is 2.97. The molecule has 2 aromatic rings. The van der Waals surface area contributed by atoms with Crippen molar-refractivity contribution in [3.8, 4) is 0 Å². The normalized spacial score (nSPS) is 15.6. The van der Waals surface area contributed by atoms with Crippen LogP contribution >= 0.6 is 0 Å². The summed E-state index contributed by atoms with van der Waals surface area (Å²) in [4.78, 5) is 25.2. The Morgan fingerprint density at radius 1 is 1.35 bits per heavy atom. The van der Waals surface area contributed by atoms with Crippen molar-refractivity contribution >= 4 is 30.1 Å². The van der Waals surface area contributed by atoms with Crippen LogP contribution in [0.25, 0.3) is 11.0 Å². The molecule has 138 valence electrons. The van der Waals surface area contributed by atoms with Crippen LogP contribution in [0.3, 0.4) is 0 Å². The number of nitrogens with zero attached hydrogens (tertiary/aromatic N) is 1. The van der Waals surface area contributed by atoms with E-state index in [1.54, 1.807) is 6.26 Å². The predicted molar refractivity (Wildman–Crippen MR) is 94.2 cm³/mol. The number of carbonyl (C=O) groups is 2. The molecule has 1 atom stereocenters. The molecule has 1 saturated heterocycles. The van der Waals surface area contributed by atoms with Gasteiger partial charge in [-0.3, -0.25) is 4.79 Å². The molecule has 1 aliphatic rings. The van der Waals surface area contributed by atoms with Crippen LogP contribution in [0.5, 0.6) is 0 Å². The predicted octanol–water partition coefficient (Wildman–Crippen LogP) is 0.704. The van der Waals surface area contributed by atoms with Gasteiger partial charge < -0.3 is 29.4 Å². The number of carbonyl (C=O) groups excluding carboxylic acids is 2. The maximum Gasteiger partial charge on any atom is 0.475 e. The Bertz CT molecular complexity index is 777. The number of hydrogen-bond donors (Lipinski definition) is 3. The summed E-state index contributed by atoms with van der Waals surface area (Å²) in [5, 5.41) is 22.7. The van der Waals surface area contributed by atoms with Gasteiger partial charge in [0.25, 0.3) is 0 Å². The number of amides is 2. The molecule has 1 fully saturated rings. The molecule has 2 heterocycles. The Balaban J connectivity index is 1.57. The summed E-state index contributed by atoms with van der Waals surface area (Å²) < 4.78 is 10.4. The number of benzene rings is 1. The number of nitrogens with one attached hydrogen (secondary N) is 1. The second-order valence-electron chi connectivity index (χ2n) is 6.25. The topological polar surface area (TPSA) is 112 Å². The summed E-state index contributed by atoms with van der Waals surface area (Å²) in [6, 6.07) is 7.40. The molecule has 0 saturated carbocycles. The molecule has 0 unspecified atom stereocenters. The van der Waals surface area contributed by atoms with Gasteiger partial charge in [-0.2, -0.15) is 0 Å². The fourth-order valence-electron chi connectivity index (χ4n) is 2.97. The molecule has 1 aromatic carbocycles. The van der Waals surface area contributed by atoms with Gasteiger partial charge in [-0.1, -0.05) is 18.2 Å². The van der Waals surface area contributed by atoms with Crippen LogP contribution in [0.15, 0.2) is 34.9 Å². The van der Waals surface area contributed by atoms with Crippen LogP contribution in [0.2, 0.25) is 0 Å². The van der Waals surface area contributed by atoms with Crippen molar-refractivity contribution in [1.82, 2.24) is 10.2 Å². The van der Waals surface area contributed by atoms with Crippen molar-refractivity contribution in [2.45, 2.75) is 25.2 Å². The van der Waals surface area contributed by atoms with Gasteiger partial charge in [-0.25, -0.2) is 4.79 Å². The molecule has 3 rings (SSSR count). The largest absolute Gasteiger partial charge is 0.475 e. The third kappa shape index (κ3) is 4.36. The second kappa shape index (κ2) is 8.24. The molecule has 26 heavy (non-hydrogen) atoms. The van der Waals surface area contributed by atoms with Gasteiger partial charge >= 0.3 is 13.2 Å². The van der Waals surface area contributed by atoms with E-state index < -0.39 is 19.2 Å². The number of fused-ring (bicyclic) bond motifs is 1. The van der Waals surface area contributed by atoms with Crippen LogP contribution in [-0.2, 0) is 16.0 Å². The van der Waals surface area contributed by atoms with Crippen LogP contribution in [0.4, 0.5) is 4.79 Å². The lowest BCUT2D eigenvalue weighted by Gasteiger charge is -2.26. The zero-order valence-corrected chi connectivity index (χ0v) is 14.3. The number of cyclic esters (lactones) is 1. The number of para-hydroxylation sites is 1. The summed E-state index contributed by atoms with van der Waals surface area (Å²) in [6.45, 7) is 1.19. The van der Waals surface area contributed by atoms with Crippen molar-refractivity contribution < 1.29 is 28.8 Å². The highest BCUT2D eigenvalue weighted by atomic mass is 16.6. The Labute approximate surface area is 150 Å². The first-order valence-electron chi connectivity index (χ1n) is 8.57. The van der Waals surface area contributed by atoms with Crippen LogP contribution < -0.4 is 5.32 Å². The standard InChI is InChI=1S/C17H21BN2O6/c21-16(6-8-20-7-3-9-25-17(20)22)19-15(18(23)24)10-12-11-26-14-5-2-1-4-13(12)14/h1-2,4-5,11,15,23-24H,3,6-10H2,(H,19,21)/t15-/m0/s1. The van der Waals surface area contributed by atoms with E-state index in [2.05, 4.69) is 5.32 Å². The van der Waals surface area contributed by atoms with Crippen molar-refractivity contribution in [1.29, 1.82) is 0 Å². The lowest BCUT2D eigenvalue weighted by molar-refractivity contribution is -0.121. The zero-order valence-electron chi connectivity index (χ0n) is 14.3. The summed E-state index contributed by atoms with van der Waals surface area (Å²) in [6.07, 6.45) is 2.14. The quantitative estimate of drug-likeness (QED) is 0.627. The Morgan fingerprint density at radius 2 is 2.15 bits per heavy atom. The molecule has 3 N–H and O–H groups in total. The molecule has 1 aromatic heterocycles. The second-order valence-corrected chi connectivity index (χ2v) is 6.25. The lowest BCUT2D eigenvalue weighted by Crippen LogP contribution is -2.49. The van der Waals surface area contributed by atoms with E-state index in [0.29, 0.717) is 18.7 Å². The maximum atomic E-state index is 12.2. The molecule has 9 heteroatoms. The molecule has 1 aliphatic heterocycles. The van der Waals surface area contributed by atoms with Crippen LogP contribution in [-0.4, -0.2) is 59.7 Å². The molecular formula is C17H21BN2O6. The molecule has 0 radical (unpaired) electrons. The Kier molecular flexibility index (Phi) is 5.80. The molecule has 0 bridgehead atoms. The van der Waals surface area contributed by atoms with Crippen LogP contribution in [0, 0.1) is 0 Å². The molecular weight excluding hydrogens is 339 g/mol. The number of hydrogen-bond acceptors (Lipinski definition) is 6. The summed E-state index contributed by atoms with van der Waals surface area (Å²) in [5.74, 6) is -1.24. The summed E-state index contributed by atoms with van der Waals surface area (Å²) in [7, 11) is -1.72. The fraction of sp³-hybridized carbons (Fsp3) is 0.412. The molecule has 8 nitrogen and oxygen atoms in total. The number of furan rings is 1. The summed E-state index contributed by atoms with van der Waals surface area (Å²) >= 11 is 0. The van der Waals surface area contributed by atoms with Gasteiger partial charge in [0.1, 0.15) is 5.58 Å². The lowest BCUT2D eigenvalue weighted by atomic mass is 9.76. The maximum absolute atomic E-state index is 12.2. The first-order chi connectivity index (χ1) is 12.5. The van der Waals surface area contributed by atoms with Gasteiger partial charge in [0.05, 0.1) is 18.8 Å². The minimum absolute atomic E-state index is 0.0600. The molecule has 0 spiro atoms.